The summed E-state index contributed by atoms with van der Waals surface area (Å²) in [5, 5.41) is 11.7. The third kappa shape index (κ3) is 4.13. The molecule has 36 heavy (non-hydrogen) atoms. The molecule has 4 aromatic rings. The van der Waals surface area contributed by atoms with Crippen molar-refractivity contribution in [2.75, 3.05) is 11.5 Å². The normalized spacial score (nSPS) is 17.2. The van der Waals surface area contributed by atoms with Crippen molar-refractivity contribution in [2.45, 2.75) is 33.2 Å². The number of aliphatic hydroxyl groups is 1. The van der Waals surface area contributed by atoms with Gasteiger partial charge in [-0.05, 0) is 79.4 Å². The standard InChI is InChI=1S/C28H25N3O4S/c1-4-13-35-20-7-5-19(6-8-20)25(32)22-24(18-9-11-29-12-10-18)31(27(34)26(22)33)28-30-23-17(3)14-16(2)15-21(23)36-28/h5-12,14-15,24,32H,4,13H2,1-3H3. The highest BCUT2D eigenvalue weighted by Gasteiger charge is 2.48. The zero-order valence-corrected chi connectivity index (χ0v) is 21.0. The van der Waals surface area contributed by atoms with E-state index >= 15 is 0 Å². The van der Waals surface area contributed by atoms with Crippen LogP contribution in [-0.2, 0) is 9.59 Å². The first-order valence-corrected chi connectivity index (χ1v) is 12.5. The Kier molecular flexibility index (Phi) is 6.28. The second-order valence-corrected chi connectivity index (χ2v) is 9.76. The van der Waals surface area contributed by atoms with Gasteiger partial charge in [-0.2, -0.15) is 0 Å². The number of aromatic nitrogens is 2. The second kappa shape index (κ2) is 9.54. The molecule has 2 aromatic heterocycles. The number of hydrogen-bond acceptors (Lipinski definition) is 7. The number of ether oxygens (including phenoxy) is 1. The van der Waals surface area contributed by atoms with Crippen LogP contribution in [0.1, 0.15) is 41.6 Å². The van der Waals surface area contributed by atoms with Crippen molar-refractivity contribution < 1.29 is 19.4 Å². The second-order valence-electron chi connectivity index (χ2n) is 8.75. The van der Waals surface area contributed by atoms with E-state index in [2.05, 4.69) is 4.98 Å². The summed E-state index contributed by atoms with van der Waals surface area (Å²) in [4.78, 5) is 37.0. The number of ketones is 1. The number of anilines is 1. The number of nitrogens with zero attached hydrogens (tertiary/aromatic N) is 3. The Bertz CT molecular complexity index is 1490. The summed E-state index contributed by atoms with van der Waals surface area (Å²) >= 11 is 1.35. The van der Waals surface area contributed by atoms with E-state index in [1.165, 1.54) is 16.2 Å². The molecule has 182 valence electrons. The molecule has 0 radical (unpaired) electrons. The lowest BCUT2D eigenvalue weighted by molar-refractivity contribution is -0.132. The van der Waals surface area contributed by atoms with Gasteiger partial charge < -0.3 is 9.84 Å². The maximum absolute atomic E-state index is 13.4. The van der Waals surface area contributed by atoms with Gasteiger partial charge in [0.15, 0.2) is 5.13 Å². The Morgan fingerprint density at radius 2 is 1.81 bits per heavy atom. The number of pyridine rings is 1. The summed E-state index contributed by atoms with van der Waals surface area (Å²) < 4.78 is 6.56. The molecule has 0 aliphatic carbocycles. The molecule has 1 amide bonds. The van der Waals surface area contributed by atoms with E-state index in [0.717, 1.165) is 27.8 Å². The van der Waals surface area contributed by atoms with E-state index in [4.69, 9.17) is 9.72 Å². The fourth-order valence-corrected chi connectivity index (χ4v) is 5.61. The highest BCUT2D eigenvalue weighted by atomic mass is 32.1. The minimum absolute atomic E-state index is 0.0144. The molecule has 0 bridgehead atoms. The van der Waals surface area contributed by atoms with E-state index in [0.29, 0.717) is 28.6 Å². The maximum Gasteiger partial charge on any atom is 0.301 e. The van der Waals surface area contributed by atoms with Crippen LogP contribution in [0.15, 0.2) is 66.5 Å². The average molecular weight is 500 g/mol. The van der Waals surface area contributed by atoms with Gasteiger partial charge in [0.2, 0.25) is 0 Å². The molecule has 1 atom stereocenters. The van der Waals surface area contributed by atoms with Crippen LogP contribution in [0.5, 0.6) is 5.75 Å². The molecule has 1 aliphatic heterocycles. The molecule has 7 nitrogen and oxygen atoms in total. The highest BCUT2D eigenvalue weighted by molar-refractivity contribution is 7.22. The van der Waals surface area contributed by atoms with Crippen LogP contribution in [0.4, 0.5) is 5.13 Å². The lowest BCUT2D eigenvalue weighted by Gasteiger charge is -2.22. The number of carbonyl (C=O) groups excluding carboxylic acids is 2. The summed E-state index contributed by atoms with van der Waals surface area (Å²) in [6.45, 7) is 6.58. The van der Waals surface area contributed by atoms with Gasteiger partial charge in [-0.3, -0.25) is 19.5 Å². The molecular formula is C28H25N3O4S. The number of aryl methyl sites for hydroxylation is 2. The fourth-order valence-electron chi connectivity index (χ4n) is 4.44. The molecule has 1 unspecified atom stereocenters. The van der Waals surface area contributed by atoms with Crippen LogP contribution in [0, 0.1) is 13.8 Å². The number of carbonyl (C=O) groups is 2. The number of amides is 1. The van der Waals surface area contributed by atoms with Crippen LogP contribution in [-0.4, -0.2) is 33.4 Å². The molecule has 3 heterocycles. The van der Waals surface area contributed by atoms with Gasteiger partial charge in [0, 0.05) is 18.0 Å². The Hall–Kier alpha value is -4.04. The smallest absolute Gasteiger partial charge is 0.301 e. The van der Waals surface area contributed by atoms with Crippen LogP contribution < -0.4 is 9.64 Å². The third-order valence-corrected chi connectivity index (χ3v) is 7.09. The molecule has 1 N–H and O–H groups in total. The predicted octanol–water partition coefficient (Wildman–Crippen LogP) is 5.72. The Balaban J connectivity index is 1.65. The van der Waals surface area contributed by atoms with Gasteiger partial charge in [-0.1, -0.05) is 24.3 Å². The molecule has 8 heteroatoms. The molecule has 0 spiro atoms. The number of Topliss-reactive ketones (excluding diaryl/α,β-unsaturated/α-hetero) is 1. The predicted molar refractivity (Wildman–Crippen MR) is 140 cm³/mol. The lowest BCUT2D eigenvalue weighted by atomic mass is 9.96. The first-order chi connectivity index (χ1) is 17.4. The minimum Gasteiger partial charge on any atom is -0.507 e. The van der Waals surface area contributed by atoms with E-state index in [1.54, 1.807) is 48.8 Å². The summed E-state index contributed by atoms with van der Waals surface area (Å²) in [6, 6.07) is 13.5. The van der Waals surface area contributed by atoms with Crippen molar-refractivity contribution in [3.05, 3.63) is 88.8 Å². The van der Waals surface area contributed by atoms with E-state index < -0.39 is 17.7 Å². The van der Waals surface area contributed by atoms with Crippen molar-refractivity contribution >= 4 is 44.1 Å². The molecule has 2 aromatic carbocycles. The summed E-state index contributed by atoms with van der Waals surface area (Å²) in [5.41, 5.74) is 3.97. The van der Waals surface area contributed by atoms with Crippen LogP contribution in [0.3, 0.4) is 0 Å². The Morgan fingerprint density at radius 1 is 1.08 bits per heavy atom. The van der Waals surface area contributed by atoms with Crippen molar-refractivity contribution in [3.63, 3.8) is 0 Å². The van der Waals surface area contributed by atoms with Crippen molar-refractivity contribution in [1.82, 2.24) is 9.97 Å². The first kappa shape index (κ1) is 23.7. The van der Waals surface area contributed by atoms with Gasteiger partial charge >= 0.3 is 5.91 Å². The number of aliphatic hydroxyl groups excluding tert-OH is 1. The number of thiazole rings is 1. The van der Waals surface area contributed by atoms with Gasteiger partial charge in [0.05, 0.1) is 28.4 Å². The summed E-state index contributed by atoms with van der Waals surface area (Å²) in [7, 11) is 0. The third-order valence-electron chi connectivity index (χ3n) is 6.09. The Morgan fingerprint density at radius 3 is 2.50 bits per heavy atom. The SMILES string of the molecule is CCCOc1ccc(C(O)=C2C(=O)C(=O)N(c3nc4c(C)cc(C)cc4s3)C2c2ccncc2)cc1. The van der Waals surface area contributed by atoms with E-state index in [-0.39, 0.29) is 11.3 Å². The van der Waals surface area contributed by atoms with Gasteiger partial charge in [0.1, 0.15) is 11.5 Å². The number of hydrogen-bond donors (Lipinski definition) is 1. The highest BCUT2D eigenvalue weighted by Crippen LogP contribution is 2.44. The number of rotatable bonds is 6. The fraction of sp³-hybridized carbons (Fsp3) is 0.214. The maximum atomic E-state index is 13.4. The molecule has 1 saturated heterocycles. The summed E-state index contributed by atoms with van der Waals surface area (Å²) in [6.07, 6.45) is 4.07. The van der Waals surface area contributed by atoms with Crippen molar-refractivity contribution in [1.29, 1.82) is 0 Å². The number of benzene rings is 2. The Labute approximate surface area is 212 Å². The van der Waals surface area contributed by atoms with E-state index in [1.807, 2.05) is 32.9 Å². The first-order valence-electron chi connectivity index (χ1n) is 11.7. The molecule has 5 rings (SSSR count). The number of fused-ring (bicyclic) bond motifs is 1. The quantitative estimate of drug-likeness (QED) is 0.207. The zero-order valence-electron chi connectivity index (χ0n) is 20.2. The van der Waals surface area contributed by atoms with E-state index in [9.17, 15) is 14.7 Å². The van der Waals surface area contributed by atoms with Gasteiger partial charge in [-0.15, -0.1) is 0 Å². The largest absolute Gasteiger partial charge is 0.507 e. The molecule has 1 fully saturated rings. The van der Waals surface area contributed by atoms with Crippen LogP contribution in [0.2, 0.25) is 0 Å². The average Bonchev–Trinajstić information content (AvgIpc) is 3.42. The lowest BCUT2D eigenvalue weighted by Crippen LogP contribution is -2.29. The molecule has 1 aliphatic rings. The molecular weight excluding hydrogens is 474 g/mol. The van der Waals surface area contributed by atoms with Crippen molar-refractivity contribution in [2.24, 2.45) is 0 Å². The van der Waals surface area contributed by atoms with Crippen LogP contribution >= 0.6 is 11.3 Å². The van der Waals surface area contributed by atoms with Crippen molar-refractivity contribution in [3.8, 4) is 5.75 Å². The minimum atomic E-state index is -0.842. The van der Waals surface area contributed by atoms with Gasteiger partial charge in [-0.25, -0.2) is 4.98 Å². The van der Waals surface area contributed by atoms with Gasteiger partial charge in [0.25, 0.3) is 5.78 Å². The summed E-state index contributed by atoms with van der Waals surface area (Å²) in [5.74, 6) is -1.06. The molecule has 0 saturated carbocycles. The topological polar surface area (TPSA) is 92.6 Å². The van der Waals surface area contributed by atoms with Crippen LogP contribution in [0.25, 0.3) is 16.0 Å². The monoisotopic (exact) mass is 499 g/mol. The zero-order chi connectivity index (χ0) is 25.4.